The van der Waals surface area contributed by atoms with Crippen molar-refractivity contribution in [3.63, 3.8) is 0 Å². The van der Waals surface area contributed by atoms with Gasteiger partial charge in [0.05, 0.1) is 59.8 Å². The summed E-state index contributed by atoms with van der Waals surface area (Å²) in [7, 11) is 0. The standard InChI is InChI=1S/C56H68N8O7/c1-38(41-13-9-7-10-14-41)57-50(65)35-62-27-25-61(34-46-22-23-47-53(68)48-33-45(56(4,5)6)21-24-49(48)71-54(47)60-46)26-28-63(36-51(66)58-39(2)42-15-11-8-12-16-42)30-32-64(31-29-62)37-52(67)59-40(3)43-17-19-44(20-18-43)55(69)70/h7-24,33,38-40H,25-32,34-37H2,1-6H3,(H,57,65)(H,58,66)(H,59,67)(H,69,70)/t38-,39-,40-/m0/s1. The van der Waals surface area contributed by atoms with E-state index in [0.717, 1.165) is 22.3 Å². The molecule has 6 aromatic rings. The molecule has 1 fully saturated rings. The van der Waals surface area contributed by atoms with Gasteiger partial charge in [0.2, 0.25) is 28.9 Å². The minimum atomic E-state index is -1.02. The van der Waals surface area contributed by atoms with Crippen molar-refractivity contribution in [3.05, 3.63) is 159 Å². The first-order valence-electron chi connectivity index (χ1n) is 24.6. The summed E-state index contributed by atoms with van der Waals surface area (Å²) in [6, 6.07) is 34.7. The molecule has 3 amide bonds. The first kappa shape index (κ1) is 52.1. The third-order valence-electron chi connectivity index (χ3n) is 13.3. The predicted molar refractivity (Wildman–Crippen MR) is 277 cm³/mol. The summed E-state index contributed by atoms with van der Waals surface area (Å²) in [6.45, 7) is 16.8. The molecule has 0 bridgehead atoms. The van der Waals surface area contributed by atoms with Gasteiger partial charge in [-0.3, -0.25) is 38.8 Å². The Labute approximate surface area is 416 Å². The molecule has 1 saturated heterocycles. The van der Waals surface area contributed by atoms with Gasteiger partial charge in [0.25, 0.3) is 0 Å². The summed E-state index contributed by atoms with van der Waals surface area (Å²) < 4.78 is 6.29. The van der Waals surface area contributed by atoms with Crippen molar-refractivity contribution >= 4 is 45.8 Å². The molecule has 0 unspecified atom stereocenters. The van der Waals surface area contributed by atoms with Crippen LogP contribution in [0.2, 0.25) is 0 Å². The van der Waals surface area contributed by atoms with Gasteiger partial charge in [0, 0.05) is 58.9 Å². The number of carboxylic acid groups (broad SMARTS) is 1. The third-order valence-corrected chi connectivity index (χ3v) is 13.3. The molecule has 4 N–H and O–H groups in total. The van der Waals surface area contributed by atoms with Gasteiger partial charge in [-0.15, -0.1) is 0 Å². The molecule has 71 heavy (non-hydrogen) atoms. The number of nitrogens with zero attached hydrogens (tertiary/aromatic N) is 5. The molecular formula is C56H68N8O7. The van der Waals surface area contributed by atoms with Gasteiger partial charge >= 0.3 is 5.97 Å². The van der Waals surface area contributed by atoms with Crippen LogP contribution in [0, 0.1) is 0 Å². The normalized spacial score (nSPS) is 16.3. The molecule has 0 aliphatic carbocycles. The molecule has 7 rings (SSSR count). The fourth-order valence-corrected chi connectivity index (χ4v) is 8.89. The maximum absolute atomic E-state index is 13.8. The number of hydrogen-bond acceptors (Lipinski definition) is 11. The Bertz CT molecular complexity index is 2760. The number of aromatic carboxylic acids is 1. The second kappa shape index (κ2) is 23.9. The number of amides is 3. The molecule has 3 heterocycles. The molecule has 374 valence electrons. The zero-order valence-electron chi connectivity index (χ0n) is 41.8. The van der Waals surface area contributed by atoms with Gasteiger partial charge in [-0.1, -0.05) is 99.6 Å². The third kappa shape index (κ3) is 14.6. The smallest absolute Gasteiger partial charge is 0.335 e. The van der Waals surface area contributed by atoms with Crippen LogP contribution in [0.25, 0.3) is 22.1 Å². The average molecular weight is 965 g/mol. The highest BCUT2D eigenvalue weighted by atomic mass is 16.4. The summed E-state index contributed by atoms with van der Waals surface area (Å²) >= 11 is 0. The molecule has 1 aliphatic rings. The highest BCUT2D eigenvalue weighted by Crippen LogP contribution is 2.27. The van der Waals surface area contributed by atoms with Crippen LogP contribution < -0.4 is 21.4 Å². The van der Waals surface area contributed by atoms with E-state index in [1.54, 1.807) is 18.2 Å². The van der Waals surface area contributed by atoms with Gasteiger partial charge in [0.15, 0.2) is 0 Å². The lowest BCUT2D eigenvalue weighted by atomic mass is 9.86. The lowest BCUT2D eigenvalue weighted by Crippen LogP contribution is -2.50. The van der Waals surface area contributed by atoms with E-state index in [4.69, 9.17) is 9.40 Å². The second-order valence-electron chi connectivity index (χ2n) is 19.8. The molecule has 4 aromatic carbocycles. The van der Waals surface area contributed by atoms with Crippen LogP contribution in [-0.2, 0) is 26.3 Å². The second-order valence-corrected chi connectivity index (χ2v) is 19.8. The Kier molecular flexibility index (Phi) is 17.5. The van der Waals surface area contributed by atoms with Gasteiger partial charge < -0.3 is 25.5 Å². The minimum Gasteiger partial charge on any atom is -0.478 e. The summed E-state index contributed by atoms with van der Waals surface area (Å²) in [6.07, 6.45) is 0. The van der Waals surface area contributed by atoms with Crippen LogP contribution >= 0.6 is 0 Å². The maximum Gasteiger partial charge on any atom is 0.335 e. The fraction of sp³-hybridized carbons (Fsp3) is 0.393. The predicted octanol–water partition coefficient (Wildman–Crippen LogP) is 6.69. The number of pyridine rings is 1. The van der Waals surface area contributed by atoms with E-state index in [0.29, 0.717) is 81.0 Å². The quantitative estimate of drug-likeness (QED) is 0.0803. The fourth-order valence-electron chi connectivity index (χ4n) is 8.89. The Morgan fingerprint density at radius 3 is 1.45 bits per heavy atom. The first-order chi connectivity index (χ1) is 34.0. The Morgan fingerprint density at radius 2 is 1.01 bits per heavy atom. The molecule has 15 heteroatoms. The van der Waals surface area contributed by atoms with Gasteiger partial charge in [-0.2, -0.15) is 0 Å². The summed E-state index contributed by atoms with van der Waals surface area (Å²) in [5.41, 5.74) is 5.17. The number of rotatable bonds is 15. The van der Waals surface area contributed by atoms with Crippen molar-refractivity contribution < 1.29 is 28.7 Å². The number of hydrogen-bond donors (Lipinski definition) is 4. The highest BCUT2D eigenvalue weighted by Gasteiger charge is 2.24. The topological polar surface area (TPSA) is 181 Å². The number of nitrogens with one attached hydrogen (secondary N) is 3. The van der Waals surface area contributed by atoms with Crippen molar-refractivity contribution in [2.75, 3.05) is 72.0 Å². The highest BCUT2D eigenvalue weighted by molar-refractivity contribution is 5.89. The van der Waals surface area contributed by atoms with Crippen LogP contribution in [0.1, 0.15) is 98.0 Å². The first-order valence-corrected chi connectivity index (χ1v) is 24.6. The van der Waals surface area contributed by atoms with Crippen LogP contribution in [0.4, 0.5) is 0 Å². The van der Waals surface area contributed by atoms with E-state index < -0.39 is 5.97 Å². The number of carboxylic acids is 1. The van der Waals surface area contributed by atoms with Gasteiger partial charge in [0.1, 0.15) is 5.58 Å². The molecular weight excluding hydrogens is 897 g/mol. The van der Waals surface area contributed by atoms with Crippen LogP contribution in [0.5, 0.6) is 0 Å². The largest absolute Gasteiger partial charge is 0.478 e. The molecule has 15 nitrogen and oxygen atoms in total. The average Bonchev–Trinajstić information content (AvgIpc) is 3.34. The van der Waals surface area contributed by atoms with E-state index >= 15 is 0 Å². The summed E-state index contributed by atoms with van der Waals surface area (Å²) in [4.78, 5) is 80.0. The lowest BCUT2D eigenvalue weighted by molar-refractivity contribution is -0.125. The molecule has 2 aromatic heterocycles. The van der Waals surface area contributed by atoms with E-state index in [1.807, 2.05) is 106 Å². The van der Waals surface area contributed by atoms with Crippen LogP contribution in [-0.4, -0.2) is 125 Å². The lowest BCUT2D eigenvalue weighted by Gasteiger charge is -2.34. The van der Waals surface area contributed by atoms with Crippen molar-refractivity contribution in [1.82, 2.24) is 40.5 Å². The number of fused-ring (bicyclic) bond motifs is 2. The number of carbonyl (C=O) groups excluding carboxylic acids is 3. The number of aromatic nitrogens is 1. The number of carbonyl (C=O) groups is 4. The van der Waals surface area contributed by atoms with Crippen LogP contribution in [0.3, 0.4) is 0 Å². The Hall–Kier alpha value is -6.78. The summed E-state index contributed by atoms with van der Waals surface area (Å²) in [5.74, 6) is -1.47. The van der Waals surface area contributed by atoms with Crippen molar-refractivity contribution in [3.8, 4) is 0 Å². The van der Waals surface area contributed by atoms with Crippen molar-refractivity contribution in [2.45, 2.75) is 71.6 Å². The zero-order chi connectivity index (χ0) is 50.7. The molecule has 0 spiro atoms. The van der Waals surface area contributed by atoms with Crippen molar-refractivity contribution in [2.24, 2.45) is 0 Å². The SMILES string of the molecule is C[C@H](NC(=O)CN1CCN(CC(=O)N[C@@H](C)c2ccccc2)CCN(Cc2ccc3c(=O)c4cc(C(C)(C)C)ccc4oc3n2)CCN(CC(=O)N[C@@H](C)c2ccccc2)CC1)c1ccc(C(=O)O)cc1. The van der Waals surface area contributed by atoms with E-state index in [2.05, 4.69) is 56.3 Å². The summed E-state index contributed by atoms with van der Waals surface area (Å²) in [5, 5.41) is 19.7. The van der Waals surface area contributed by atoms with Gasteiger partial charge in [-0.05, 0) is 84.8 Å². The minimum absolute atomic E-state index is 0.0661. The Balaban J connectivity index is 1.13. The number of benzene rings is 4. The van der Waals surface area contributed by atoms with Crippen LogP contribution in [0.15, 0.2) is 124 Å². The Morgan fingerprint density at radius 1 is 0.577 bits per heavy atom. The maximum atomic E-state index is 13.8. The molecule has 1 aliphatic heterocycles. The van der Waals surface area contributed by atoms with E-state index in [9.17, 15) is 29.1 Å². The molecule has 3 atom stereocenters. The van der Waals surface area contributed by atoms with E-state index in [-0.39, 0.29) is 77.6 Å². The van der Waals surface area contributed by atoms with E-state index in [1.165, 1.54) is 12.1 Å². The monoisotopic (exact) mass is 965 g/mol. The van der Waals surface area contributed by atoms with Crippen molar-refractivity contribution in [1.29, 1.82) is 0 Å². The zero-order valence-corrected chi connectivity index (χ0v) is 41.8. The van der Waals surface area contributed by atoms with Gasteiger partial charge in [-0.25, -0.2) is 9.78 Å². The molecule has 0 radical (unpaired) electrons. The molecule has 0 saturated carbocycles.